The molecule has 0 aliphatic rings. The third-order valence-electron chi connectivity index (χ3n) is 2.08. The number of carbonyl (C=O) groups is 2. The van der Waals surface area contributed by atoms with Crippen LogP contribution < -0.4 is 10.6 Å². The second-order valence-corrected chi connectivity index (χ2v) is 6.61. The van der Waals surface area contributed by atoms with Gasteiger partial charge in [0.25, 0.3) is 0 Å². The molecule has 0 saturated carbocycles. The Balaban J connectivity index is 4.16. The van der Waals surface area contributed by atoms with Crippen LogP contribution in [0.2, 0.25) is 0 Å². The highest BCUT2D eigenvalue weighted by Crippen LogP contribution is 2.12. The normalized spacial score (nSPS) is 11.9. The summed E-state index contributed by atoms with van der Waals surface area (Å²) >= 11 is 0. The van der Waals surface area contributed by atoms with E-state index in [1.807, 2.05) is 0 Å². The van der Waals surface area contributed by atoms with Crippen molar-refractivity contribution in [2.24, 2.45) is 0 Å². The van der Waals surface area contributed by atoms with Gasteiger partial charge in [0.05, 0.1) is 4.75 Å². The number of nitrogens with one attached hydrogen (secondary N) is 2. The molecule has 0 aromatic carbocycles. The lowest BCUT2D eigenvalue weighted by molar-refractivity contribution is -0.135. The molecule has 0 rings (SSSR count). The van der Waals surface area contributed by atoms with E-state index >= 15 is 0 Å². The van der Waals surface area contributed by atoms with Crippen LogP contribution in [0.25, 0.3) is 0 Å². The van der Waals surface area contributed by atoms with E-state index in [1.54, 1.807) is 0 Å². The molecule has 0 heterocycles. The van der Waals surface area contributed by atoms with Crippen LogP contribution in [0.4, 0.5) is 4.79 Å². The average molecular weight is 252 g/mol. The van der Waals surface area contributed by atoms with Gasteiger partial charge in [-0.25, -0.2) is 13.2 Å². The standard InChI is InChI=1S/C8H16N2O5S/c1-8(2,16(3,14)15)5-10-7(13)9-4-6(11)12/h4-5H2,1-3H3,(H,11,12)(H2,9,10,13). The SMILES string of the molecule is CC(C)(CNC(=O)NCC(=O)O)S(C)(=O)=O. The Kier molecular flexibility index (Phi) is 4.73. The molecule has 0 atom stereocenters. The fraction of sp³-hybridized carbons (Fsp3) is 0.750. The highest BCUT2D eigenvalue weighted by molar-refractivity contribution is 7.92. The number of rotatable bonds is 5. The van der Waals surface area contributed by atoms with Crippen LogP contribution in [0.3, 0.4) is 0 Å². The summed E-state index contributed by atoms with van der Waals surface area (Å²) in [5, 5.41) is 12.6. The Morgan fingerprint density at radius 1 is 1.25 bits per heavy atom. The molecule has 3 N–H and O–H groups in total. The van der Waals surface area contributed by atoms with Crippen LogP contribution in [-0.4, -0.2) is 49.6 Å². The van der Waals surface area contributed by atoms with E-state index in [9.17, 15) is 18.0 Å². The number of hydrogen-bond donors (Lipinski definition) is 3. The van der Waals surface area contributed by atoms with Crippen molar-refractivity contribution in [2.75, 3.05) is 19.3 Å². The van der Waals surface area contributed by atoms with Crippen molar-refractivity contribution in [1.29, 1.82) is 0 Å². The summed E-state index contributed by atoms with van der Waals surface area (Å²) in [6.07, 6.45) is 1.07. The first-order chi connectivity index (χ1) is 7.06. The molecule has 0 fully saturated rings. The molecule has 0 aromatic heterocycles. The summed E-state index contributed by atoms with van der Waals surface area (Å²) in [5.74, 6) is -1.17. The van der Waals surface area contributed by atoms with Crippen molar-refractivity contribution >= 4 is 21.8 Å². The van der Waals surface area contributed by atoms with Crippen molar-refractivity contribution in [3.63, 3.8) is 0 Å². The maximum atomic E-state index is 11.3. The van der Waals surface area contributed by atoms with Crippen LogP contribution in [0.1, 0.15) is 13.8 Å². The monoisotopic (exact) mass is 252 g/mol. The lowest BCUT2D eigenvalue weighted by Gasteiger charge is -2.22. The molecule has 0 bridgehead atoms. The smallest absolute Gasteiger partial charge is 0.323 e. The topological polar surface area (TPSA) is 113 Å². The molecule has 0 spiro atoms. The molecular weight excluding hydrogens is 236 g/mol. The van der Waals surface area contributed by atoms with Crippen molar-refractivity contribution in [3.8, 4) is 0 Å². The van der Waals surface area contributed by atoms with Gasteiger partial charge in [0.1, 0.15) is 6.54 Å². The van der Waals surface area contributed by atoms with Gasteiger partial charge in [-0.05, 0) is 13.8 Å². The highest BCUT2D eigenvalue weighted by atomic mass is 32.2. The minimum atomic E-state index is -3.29. The van der Waals surface area contributed by atoms with Gasteiger partial charge < -0.3 is 15.7 Å². The first kappa shape index (κ1) is 14.7. The zero-order valence-electron chi connectivity index (χ0n) is 9.40. The fourth-order valence-electron chi connectivity index (χ4n) is 0.643. The maximum absolute atomic E-state index is 11.3. The Morgan fingerprint density at radius 3 is 2.12 bits per heavy atom. The Morgan fingerprint density at radius 2 is 1.75 bits per heavy atom. The number of hydrogen-bond acceptors (Lipinski definition) is 4. The zero-order valence-corrected chi connectivity index (χ0v) is 10.2. The molecule has 0 aliphatic carbocycles. The Labute approximate surface area is 94.1 Å². The van der Waals surface area contributed by atoms with Crippen LogP contribution in [0.5, 0.6) is 0 Å². The lowest BCUT2D eigenvalue weighted by Crippen LogP contribution is -2.47. The first-order valence-electron chi connectivity index (χ1n) is 4.49. The summed E-state index contributed by atoms with van der Waals surface area (Å²) in [6, 6.07) is -0.709. The molecule has 0 radical (unpaired) electrons. The van der Waals surface area contributed by atoms with Gasteiger partial charge in [-0.1, -0.05) is 0 Å². The van der Waals surface area contributed by atoms with Crippen LogP contribution in [0, 0.1) is 0 Å². The van der Waals surface area contributed by atoms with Crippen molar-refractivity contribution in [3.05, 3.63) is 0 Å². The van der Waals surface area contributed by atoms with Crippen LogP contribution in [-0.2, 0) is 14.6 Å². The van der Waals surface area contributed by atoms with E-state index < -0.39 is 33.1 Å². The van der Waals surface area contributed by atoms with E-state index in [4.69, 9.17) is 5.11 Å². The van der Waals surface area contributed by atoms with E-state index in [1.165, 1.54) is 13.8 Å². The number of carbonyl (C=O) groups excluding carboxylic acids is 1. The number of sulfone groups is 1. The van der Waals surface area contributed by atoms with Crippen LogP contribution in [0.15, 0.2) is 0 Å². The molecule has 8 heteroatoms. The van der Waals surface area contributed by atoms with Gasteiger partial charge in [-0.3, -0.25) is 4.79 Å². The molecule has 0 aromatic rings. The van der Waals surface area contributed by atoms with Gasteiger partial charge in [0.2, 0.25) is 0 Å². The van der Waals surface area contributed by atoms with E-state index in [2.05, 4.69) is 10.6 Å². The zero-order chi connectivity index (χ0) is 13.0. The quantitative estimate of drug-likeness (QED) is 0.592. The third-order valence-corrected chi connectivity index (χ3v) is 4.23. The van der Waals surface area contributed by atoms with Gasteiger partial charge in [-0.2, -0.15) is 0 Å². The minimum Gasteiger partial charge on any atom is -0.480 e. The summed E-state index contributed by atoms with van der Waals surface area (Å²) in [7, 11) is -3.29. The fourth-order valence-corrected chi connectivity index (χ4v) is 0.977. The highest BCUT2D eigenvalue weighted by Gasteiger charge is 2.30. The average Bonchev–Trinajstić information content (AvgIpc) is 2.09. The summed E-state index contributed by atoms with van der Waals surface area (Å²) in [5.41, 5.74) is 0. The molecule has 16 heavy (non-hydrogen) atoms. The number of amides is 2. The number of carboxylic acid groups (broad SMARTS) is 1. The first-order valence-corrected chi connectivity index (χ1v) is 6.38. The number of aliphatic carboxylic acids is 1. The van der Waals surface area contributed by atoms with Crippen molar-refractivity contribution in [1.82, 2.24) is 10.6 Å². The van der Waals surface area contributed by atoms with Gasteiger partial charge in [-0.15, -0.1) is 0 Å². The predicted octanol–water partition coefficient (Wildman–Crippen LogP) is -0.807. The van der Waals surface area contributed by atoms with Crippen molar-refractivity contribution < 1.29 is 23.1 Å². The Bertz CT molecular complexity index is 374. The molecule has 0 saturated heterocycles. The molecule has 0 aliphatic heterocycles. The molecule has 0 unspecified atom stereocenters. The van der Waals surface area contributed by atoms with Gasteiger partial charge in [0, 0.05) is 12.8 Å². The third kappa shape index (κ3) is 4.96. The minimum absolute atomic E-state index is 0.0860. The van der Waals surface area contributed by atoms with E-state index in [-0.39, 0.29) is 6.54 Å². The predicted molar refractivity (Wildman–Crippen MR) is 58.0 cm³/mol. The Hall–Kier alpha value is -1.31. The molecule has 7 nitrogen and oxygen atoms in total. The maximum Gasteiger partial charge on any atom is 0.323 e. The second kappa shape index (κ2) is 5.15. The second-order valence-electron chi connectivity index (χ2n) is 3.96. The number of carboxylic acids is 1. The molecule has 94 valence electrons. The number of urea groups is 1. The molecular formula is C8H16N2O5S. The van der Waals surface area contributed by atoms with E-state index in [0.29, 0.717) is 0 Å². The molecule has 2 amide bonds. The summed E-state index contributed by atoms with van der Waals surface area (Å²) in [6.45, 7) is 2.35. The lowest BCUT2D eigenvalue weighted by atomic mass is 10.2. The summed E-state index contributed by atoms with van der Waals surface area (Å²) < 4.78 is 21.4. The van der Waals surface area contributed by atoms with Crippen LogP contribution >= 0.6 is 0 Å². The summed E-state index contributed by atoms with van der Waals surface area (Å²) in [4.78, 5) is 21.2. The largest absolute Gasteiger partial charge is 0.480 e. The van der Waals surface area contributed by atoms with Gasteiger partial charge in [0.15, 0.2) is 9.84 Å². The van der Waals surface area contributed by atoms with E-state index in [0.717, 1.165) is 6.26 Å². The van der Waals surface area contributed by atoms with Crippen molar-refractivity contribution in [2.45, 2.75) is 18.6 Å². The van der Waals surface area contributed by atoms with Gasteiger partial charge >= 0.3 is 12.0 Å².